The van der Waals surface area contributed by atoms with Gasteiger partial charge in [-0.15, -0.1) is 0 Å². The Kier molecular flexibility index (Phi) is 6.38. The molecule has 0 saturated heterocycles. The molecule has 0 radical (unpaired) electrons. The fraction of sp³-hybridized carbons (Fsp3) is 0.263. The zero-order chi connectivity index (χ0) is 17.5. The van der Waals surface area contributed by atoms with Crippen LogP contribution in [0.2, 0.25) is 5.02 Å². The van der Waals surface area contributed by atoms with Crippen molar-refractivity contribution in [3.05, 3.63) is 64.7 Å². The van der Waals surface area contributed by atoms with E-state index in [1.165, 1.54) is 6.92 Å². The predicted octanol–water partition coefficient (Wildman–Crippen LogP) is 3.71. The van der Waals surface area contributed by atoms with Gasteiger partial charge in [0.1, 0.15) is 0 Å². The normalized spacial score (nSPS) is 10.3. The van der Waals surface area contributed by atoms with E-state index in [0.29, 0.717) is 18.1 Å². The van der Waals surface area contributed by atoms with Crippen LogP contribution in [0.5, 0.6) is 0 Å². The van der Waals surface area contributed by atoms with Gasteiger partial charge in [0.25, 0.3) is 0 Å². The monoisotopic (exact) mass is 344 g/mol. The molecule has 0 heterocycles. The minimum atomic E-state index is -0.0928. The van der Waals surface area contributed by atoms with Crippen LogP contribution in [0, 0.1) is 6.92 Å². The van der Waals surface area contributed by atoms with Gasteiger partial charge in [-0.3, -0.25) is 9.59 Å². The van der Waals surface area contributed by atoms with Gasteiger partial charge in [0, 0.05) is 37.1 Å². The van der Waals surface area contributed by atoms with E-state index in [-0.39, 0.29) is 18.2 Å². The average molecular weight is 345 g/mol. The van der Waals surface area contributed by atoms with Crippen molar-refractivity contribution in [3.8, 4) is 0 Å². The van der Waals surface area contributed by atoms with Crippen molar-refractivity contribution in [2.45, 2.75) is 26.8 Å². The molecule has 2 amide bonds. The highest BCUT2D eigenvalue weighted by Crippen LogP contribution is 2.19. The van der Waals surface area contributed by atoms with Gasteiger partial charge in [0.2, 0.25) is 11.8 Å². The van der Waals surface area contributed by atoms with E-state index >= 15 is 0 Å². The van der Waals surface area contributed by atoms with Crippen LogP contribution in [0.1, 0.15) is 24.5 Å². The Labute approximate surface area is 147 Å². The Morgan fingerprint density at radius 2 is 1.75 bits per heavy atom. The quantitative estimate of drug-likeness (QED) is 0.868. The van der Waals surface area contributed by atoms with Crippen molar-refractivity contribution < 1.29 is 9.59 Å². The summed E-state index contributed by atoms with van der Waals surface area (Å²) in [6.07, 6.45) is 0.251. The molecule has 0 aliphatic heterocycles. The Morgan fingerprint density at radius 1 is 1.08 bits per heavy atom. The second-order valence-corrected chi connectivity index (χ2v) is 6.05. The second-order valence-electron chi connectivity index (χ2n) is 5.61. The number of carbonyl (C=O) groups excluding carboxylic acids is 2. The zero-order valence-electron chi connectivity index (χ0n) is 13.9. The Balaban J connectivity index is 1.90. The third-order valence-corrected chi connectivity index (χ3v) is 4.00. The van der Waals surface area contributed by atoms with E-state index in [9.17, 15) is 9.59 Å². The van der Waals surface area contributed by atoms with Crippen molar-refractivity contribution in [1.82, 2.24) is 5.32 Å². The molecule has 0 bridgehead atoms. The molecule has 0 unspecified atom stereocenters. The van der Waals surface area contributed by atoms with Gasteiger partial charge in [-0.2, -0.15) is 0 Å². The molecule has 0 atom stereocenters. The number of para-hydroxylation sites is 1. The summed E-state index contributed by atoms with van der Waals surface area (Å²) in [4.78, 5) is 25.6. The van der Waals surface area contributed by atoms with E-state index in [2.05, 4.69) is 5.32 Å². The van der Waals surface area contributed by atoms with Crippen LogP contribution in [0.15, 0.2) is 48.5 Å². The summed E-state index contributed by atoms with van der Waals surface area (Å²) in [5, 5.41) is 3.53. The molecular formula is C19H21ClN2O2. The van der Waals surface area contributed by atoms with Crippen molar-refractivity contribution in [1.29, 1.82) is 0 Å². The molecule has 0 aliphatic rings. The van der Waals surface area contributed by atoms with Gasteiger partial charge >= 0.3 is 0 Å². The maximum absolute atomic E-state index is 12.1. The molecule has 1 N–H and O–H groups in total. The minimum Gasteiger partial charge on any atom is -0.352 e. The zero-order valence-corrected chi connectivity index (χ0v) is 14.6. The van der Waals surface area contributed by atoms with Crippen LogP contribution in [0.4, 0.5) is 5.69 Å². The number of aryl methyl sites for hydroxylation is 1. The number of nitrogens with one attached hydrogen (secondary N) is 1. The van der Waals surface area contributed by atoms with Gasteiger partial charge in [-0.1, -0.05) is 41.9 Å². The number of hydrogen-bond acceptors (Lipinski definition) is 2. The van der Waals surface area contributed by atoms with E-state index in [0.717, 1.165) is 16.8 Å². The van der Waals surface area contributed by atoms with Crippen LogP contribution in [-0.2, 0) is 16.1 Å². The molecule has 2 aromatic carbocycles. The van der Waals surface area contributed by atoms with Crippen LogP contribution >= 0.6 is 11.6 Å². The molecular weight excluding hydrogens is 324 g/mol. The third-order valence-electron chi connectivity index (χ3n) is 3.75. The molecule has 4 nitrogen and oxygen atoms in total. The first-order valence-corrected chi connectivity index (χ1v) is 8.20. The minimum absolute atomic E-state index is 0.0743. The molecule has 5 heteroatoms. The summed E-state index contributed by atoms with van der Waals surface area (Å²) in [6.45, 7) is 4.26. The van der Waals surface area contributed by atoms with Crippen LogP contribution < -0.4 is 10.2 Å². The molecule has 0 fully saturated rings. The Morgan fingerprint density at radius 3 is 2.38 bits per heavy atom. The molecule has 24 heavy (non-hydrogen) atoms. The highest BCUT2D eigenvalue weighted by atomic mass is 35.5. The topological polar surface area (TPSA) is 49.4 Å². The number of rotatable bonds is 6. The number of carbonyl (C=O) groups is 2. The van der Waals surface area contributed by atoms with Crippen molar-refractivity contribution in [2.24, 2.45) is 0 Å². The first-order chi connectivity index (χ1) is 11.5. The SMILES string of the molecule is CC(=O)N(CCC(=O)NCc1ccc(Cl)cc1)c1ccccc1C. The maximum Gasteiger partial charge on any atom is 0.223 e. The molecule has 2 rings (SSSR count). The van der Waals surface area contributed by atoms with Gasteiger partial charge < -0.3 is 10.2 Å². The number of anilines is 1. The van der Waals surface area contributed by atoms with E-state index in [1.807, 2.05) is 43.3 Å². The van der Waals surface area contributed by atoms with Crippen molar-refractivity contribution in [2.75, 3.05) is 11.4 Å². The van der Waals surface area contributed by atoms with Gasteiger partial charge in [-0.25, -0.2) is 0 Å². The van der Waals surface area contributed by atoms with Gasteiger partial charge in [0.15, 0.2) is 0 Å². The summed E-state index contributed by atoms with van der Waals surface area (Å²) < 4.78 is 0. The lowest BCUT2D eigenvalue weighted by Crippen LogP contribution is -2.34. The molecule has 0 spiro atoms. The van der Waals surface area contributed by atoms with E-state index in [4.69, 9.17) is 11.6 Å². The number of hydrogen-bond donors (Lipinski definition) is 1. The molecule has 2 aromatic rings. The number of halogens is 1. The summed E-state index contributed by atoms with van der Waals surface area (Å²) in [5.41, 5.74) is 2.83. The maximum atomic E-state index is 12.1. The summed E-state index contributed by atoms with van der Waals surface area (Å²) in [6, 6.07) is 15.0. The Hall–Kier alpha value is -2.33. The standard InChI is InChI=1S/C19H21ClN2O2/c1-14-5-3-4-6-18(14)22(15(2)23)12-11-19(24)21-13-16-7-9-17(20)10-8-16/h3-10H,11-13H2,1-2H3,(H,21,24). The third kappa shape index (κ3) is 5.10. The first kappa shape index (κ1) is 18.0. The van der Waals surface area contributed by atoms with Crippen molar-refractivity contribution in [3.63, 3.8) is 0 Å². The second kappa shape index (κ2) is 8.50. The van der Waals surface area contributed by atoms with Crippen LogP contribution in [0.3, 0.4) is 0 Å². The largest absolute Gasteiger partial charge is 0.352 e. The molecule has 0 saturated carbocycles. The van der Waals surface area contributed by atoms with Gasteiger partial charge in [-0.05, 0) is 36.2 Å². The van der Waals surface area contributed by atoms with Crippen molar-refractivity contribution >= 4 is 29.1 Å². The van der Waals surface area contributed by atoms with Crippen LogP contribution in [0.25, 0.3) is 0 Å². The summed E-state index contributed by atoms with van der Waals surface area (Å²) in [7, 11) is 0. The molecule has 126 valence electrons. The lowest BCUT2D eigenvalue weighted by molar-refractivity contribution is -0.121. The highest BCUT2D eigenvalue weighted by Gasteiger charge is 2.14. The van der Waals surface area contributed by atoms with Crippen LogP contribution in [-0.4, -0.2) is 18.4 Å². The van der Waals surface area contributed by atoms with E-state index in [1.54, 1.807) is 17.0 Å². The van der Waals surface area contributed by atoms with E-state index < -0.39 is 0 Å². The number of nitrogens with zero attached hydrogens (tertiary/aromatic N) is 1. The van der Waals surface area contributed by atoms with Gasteiger partial charge in [0.05, 0.1) is 0 Å². The number of benzene rings is 2. The Bertz CT molecular complexity index is 714. The lowest BCUT2D eigenvalue weighted by Gasteiger charge is -2.22. The molecule has 0 aromatic heterocycles. The summed E-state index contributed by atoms with van der Waals surface area (Å²) in [5.74, 6) is -0.167. The first-order valence-electron chi connectivity index (χ1n) is 7.82. The highest BCUT2D eigenvalue weighted by molar-refractivity contribution is 6.30. The molecule has 0 aliphatic carbocycles. The number of amides is 2. The fourth-order valence-electron chi connectivity index (χ4n) is 2.42. The smallest absolute Gasteiger partial charge is 0.223 e. The summed E-state index contributed by atoms with van der Waals surface area (Å²) >= 11 is 5.83. The fourth-order valence-corrected chi connectivity index (χ4v) is 2.54. The average Bonchev–Trinajstić information content (AvgIpc) is 2.56. The predicted molar refractivity (Wildman–Crippen MR) is 97.1 cm³/mol. The lowest BCUT2D eigenvalue weighted by atomic mass is 10.1.